The van der Waals surface area contributed by atoms with Gasteiger partial charge >= 0.3 is 0 Å². The molecule has 102 valence electrons. The molecule has 0 aliphatic heterocycles. The number of anilines is 1. The van der Waals surface area contributed by atoms with E-state index in [2.05, 4.69) is 38.8 Å². The Hall–Kier alpha value is -0.900. The molecule has 0 aliphatic carbocycles. The molecule has 2 N–H and O–H groups in total. The van der Waals surface area contributed by atoms with Gasteiger partial charge in [-0.1, -0.05) is 33.8 Å². The van der Waals surface area contributed by atoms with Crippen LogP contribution in [0.15, 0.2) is 12.7 Å². The van der Waals surface area contributed by atoms with Crippen LogP contribution < -0.4 is 5.73 Å². The topological polar surface area (TPSA) is 43.8 Å². The van der Waals surface area contributed by atoms with Gasteiger partial charge in [-0.15, -0.1) is 6.58 Å². The van der Waals surface area contributed by atoms with Crippen LogP contribution in [0.5, 0.6) is 0 Å². The number of allylic oxidation sites excluding steroid dienone is 1. The summed E-state index contributed by atoms with van der Waals surface area (Å²) < 4.78 is 2.08. The third-order valence-corrected chi connectivity index (χ3v) is 3.65. The molecule has 0 unspecified atom stereocenters. The van der Waals surface area contributed by atoms with Crippen molar-refractivity contribution in [1.82, 2.24) is 9.55 Å². The fourth-order valence-corrected chi connectivity index (χ4v) is 2.53. The molecule has 18 heavy (non-hydrogen) atoms. The van der Waals surface area contributed by atoms with E-state index in [4.69, 9.17) is 10.7 Å². The van der Waals surface area contributed by atoms with E-state index in [1.54, 1.807) is 0 Å². The van der Waals surface area contributed by atoms with E-state index < -0.39 is 0 Å². The monoisotopic (exact) mass is 267 g/mol. The summed E-state index contributed by atoms with van der Waals surface area (Å²) in [6, 6.07) is 0. The van der Waals surface area contributed by atoms with Crippen LogP contribution in [-0.2, 0) is 18.4 Å². The number of nitrogens with zero attached hydrogens (tertiary/aromatic N) is 2. The van der Waals surface area contributed by atoms with Crippen molar-refractivity contribution in [3.05, 3.63) is 24.2 Å². The fourth-order valence-electron chi connectivity index (χ4n) is 1.90. The van der Waals surface area contributed by atoms with Gasteiger partial charge in [-0.2, -0.15) is 11.8 Å². The molecule has 0 aliphatic rings. The van der Waals surface area contributed by atoms with Gasteiger partial charge in [0.1, 0.15) is 11.6 Å². The molecule has 0 radical (unpaired) electrons. The molecule has 0 fully saturated rings. The number of rotatable bonds is 6. The highest BCUT2D eigenvalue weighted by molar-refractivity contribution is 7.99. The predicted octanol–water partition coefficient (Wildman–Crippen LogP) is 3.24. The first kappa shape index (κ1) is 15.2. The summed E-state index contributed by atoms with van der Waals surface area (Å²) in [5.74, 6) is 4.07. The van der Waals surface area contributed by atoms with E-state index in [-0.39, 0.29) is 5.41 Å². The van der Waals surface area contributed by atoms with Crippen LogP contribution in [-0.4, -0.2) is 21.1 Å². The second-order valence-corrected chi connectivity index (χ2v) is 6.76. The predicted molar refractivity (Wildman–Crippen MR) is 82.2 cm³/mol. The second-order valence-electron chi connectivity index (χ2n) is 5.36. The quantitative estimate of drug-likeness (QED) is 0.635. The molecule has 3 nitrogen and oxygen atoms in total. The van der Waals surface area contributed by atoms with Crippen LogP contribution in [0, 0.1) is 0 Å². The smallest absolute Gasteiger partial charge is 0.127 e. The normalized spacial score (nSPS) is 11.8. The number of thioether (sulfide) groups is 1. The third-order valence-electron chi connectivity index (χ3n) is 2.75. The molecular formula is C14H25N3S. The Balaban J connectivity index is 3.03. The van der Waals surface area contributed by atoms with Crippen molar-refractivity contribution < 1.29 is 0 Å². The Bertz CT molecular complexity index is 402. The minimum absolute atomic E-state index is 0.00722. The molecule has 0 amide bonds. The highest BCUT2D eigenvalue weighted by Gasteiger charge is 2.24. The van der Waals surface area contributed by atoms with Crippen LogP contribution >= 0.6 is 11.8 Å². The molecule has 4 heteroatoms. The van der Waals surface area contributed by atoms with Gasteiger partial charge < -0.3 is 10.3 Å². The van der Waals surface area contributed by atoms with Crippen molar-refractivity contribution in [2.45, 2.75) is 46.1 Å². The first-order valence-corrected chi connectivity index (χ1v) is 7.61. The highest BCUT2D eigenvalue weighted by atomic mass is 32.2. The summed E-state index contributed by atoms with van der Waals surface area (Å²) in [5.41, 5.74) is 7.25. The number of imidazole rings is 1. The van der Waals surface area contributed by atoms with Gasteiger partial charge in [-0.25, -0.2) is 4.98 Å². The molecular weight excluding hydrogens is 242 g/mol. The Morgan fingerprint density at radius 2 is 2.11 bits per heavy atom. The average Bonchev–Trinajstić information content (AvgIpc) is 2.58. The van der Waals surface area contributed by atoms with E-state index in [9.17, 15) is 0 Å². The van der Waals surface area contributed by atoms with E-state index >= 15 is 0 Å². The summed E-state index contributed by atoms with van der Waals surface area (Å²) in [4.78, 5) is 4.75. The molecule has 1 aromatic rings. The number of hydrogen-bond donors (Lipinski definition) is 1. The van der Waals surface area contributed by atoms with Crippen molar-refractivity contribution in [1.29, 1.82) is 0 Å². The number of aryl methyl sites for hydroxylation is 1. The van der Waals surface area contributed by atoms with Crippen LogP contribution in [0.3, 0.4) is 0 Å². The Morgan fingerprint density at radius 1 is 1.44 bits per heavy atom. The maximum atomic E-state index is 6.21. The average molecular weight is 267 g/mol. The molecule has 0 saturated carbocycles. The summed E-state index contributed by atoms with van der Waals surface area (Å²) in [7, 11) is 0. The minimum Gasteiger partial charge on any atom is -0.384 e. The summed E-state index contributed by atoms with van der Waals surface area (Å²) in [5, 5.41) is 0. The van der Waals surface area contributed by atoms with Crippen molar-refractivity contribution >= 4 is 17.6 Å². The SMILES string of the molecule is C=CCn1c(C(C)(C)C)nc(CCSCC)c1N. The summed E-state index contributed by atoms with van der Waals surface area (Å²) >= 11 is 1.92. The molecule has 1 rings (SSSR count). The maximum Gasteiger partial charge on any atom is 0.127 e. The molecule has 0 aromatic carbocycles. The van der Waals surface area contributed by atoms with Crippen molar-refractivity contribution in [3.8, 4) is 0 Å². The van der Waals surface area contributed by atoms with Crippen molar-refractivity contribution in [3.63, 3.8) is 0 Å². The number of nitrogens with two attached hydrogens (primary N) is 1. The Labute approximate surface area is 115 Å². The van der Waals surface area contributed by atoms with E-state index in [1.807, 2.05) is 17.8 Å². The Kier molecular flexibility index (Phi) is 5.32. The Morgan fingerprint density at radius 3 is 2.61 bits per heavy atom. The van der Waals surface area contributed by atoms with Crippen LogP contribution in [0.4, 0.5) is 5.82 Å². The van der Waals surface area contributed by atoms with Gasteiger partial charge in [0.2, 0.25) is 0 Å². The van der Waals surface area contributed by atoms with E-state index in [0.29, 0.717) is 0 Å². The second kappa shape index (κ2) is 6.32. The lowest BCUT2D eigenvalue weighted by Crippen LogP contribution is -2.19. The lowest BCUT2D eigenvalue weighted by Gasteiger charge is -2.19. The summed E-state index contributed by atoms with van der Waals surface area (Å²) in [6.45, 7) is 13.2. The maximum absolute atomic E-state index is 6.21. The number of hydrogen-bond acceptors (Lipinski definition) is 3. The molecule has 0 spiro atoms. The zero-order chi connectivity index (χ0) is 13.8. The number of nitrogen functional groups attached to an aromatic ring is 1. The first-order valence-electron chi connectivity index (χ1n) is 6.45. The summed E-state index contributed by atoms with van der Waals surface area (Å²) in [6.07, 6.45) is 2.81. The molecule has 0 atom stereocenters. The van der Waals surface area contributed by atoms with Crippen molar-refractivity contribution in [2.24, 2.45) is 0 Å². The van der Waals surface area contributed by atoms with E-state index in [1.165, 1.54) is 0 Å². The van der Waals surface area contributed by atoms with Gasteiger partial charge in [0.25, 0.3) is 0 Å². The van der Waals surface area contributed by atoms with E-state index in [0.717, 1.165) is 41.8 Å². The van der Waals surface area contributed by atoms with Crippen LogP contribution in [0.1, 0.15) is 39.2 Å². The lowest BCUT2D eigenvalue weighted by molar-refractivity contribution is 0.515. The largest absolute Gasteiger partial charge is 0.384 e. The third kappa shape index (κ3) is 3.55. The lowest BCUT2D eigenvalue weighted by atomic mass is 9.95. The number of aromatic nitrogens is 2. The standard InChI is InChI=1S/C14H25N3S/c1-6-9-17-12(15)11(8-10-18-7-2)16-13(17)14(3,4)5/h6H,1,7-10,15H2,2-5H3. The molecule has 1 heterocycles. The van der Waals surface area contributed by atoms with Crippen molar-refractivity contribution in [2.75, 3.05) is 17.2 Å². The zero-order valence-corrected chi connectivity index (χ0v) is 12.8. The van der Waals surface area contributed by atoms with Gasteiger partial charge in [0.15, 0.2) is 0 Å². The van der Waals surface area contributed by atoms with Crippen LogP contribution in [0.25, 0.3) is 0 Å². The fraction of sp³-hybridized carbons (Fsp3) is 0.643. The first-order chi connectivity index (χ1) is 8.41. The molecule has 0 bridgehead atoms. The van der Waals surface area contributed by atoms with Gasteiger partial charge in [0, 0.05) is 18.4 Å². The van der Waals surface area contributed by atoms with Gasteiger partial charge in [-0.3, -0.25) is 0 Å². The highest BCUT2D eigenvalue weighted by Crippen LogP contribution is 2.26. The van der Waals surface area contributed by atoms with Gasteiger partial charge in [0.05, 0.1) is 5.69 Å². The minimum atomic E-state index is 0.00722. The molecule has 0 saturated heterocycles. The van der Waals surface area contributed by atoms with Crippen LogP contribution in [0.2, 0.25) is 0 Å². The van der Waals surface area contributed by atoms with Gasteiger partial charge in [-0.05, 0) is 11.5 Å². The zero-order valence-electron chi connectivity index (χ0n) is 12.0. The molecule has 1 aromatic heterocycles.